The van der Waals surface area contributed by atoms with Crippen LogP contribution >= 0.6 is 0 Å². The fourth-order valence-electron chi connectivity index (χ4n) is 3.35. The highest BCUT2D eigenvalue weighted by Crippen LogP contribution is 2.30. The molecule has 1 aromatic carbocycles. The van der Waals surface area contributed by atoms with Gasteiger partial charge in [0.25, 0.3) is 0 Å². The van der Waals surface area contributed by atoms with E-state index in [4.69, 9.17) is 0 Å². The molecule has 1 N–H and O–H groups in total. The number of nitrogens with zero attached hydrogens (tertiary/aromatic N) is 4. The van der Waals surface area contributed by atoms with Crippen LogP contribution in [0.3, 0.4) is 0 Å². The van der Waals surface area contributed by atoms with Gasteiger partial charge in [-0.3, -0.25) is 0 Å². The van der Waals surface area contributed by atoms with Crippen LogP contribution in [0.15, 0.2) is 35.6 Å². The van der Waals surface area contributed by atoms with Crippen LogP contribution in [0.1, 0.15) is 24.5 Å². The van der Waals surface area contributed by atoms with Crippen molar-refractivity contribution in [3.63, 3.8) is 0 Å². The Morgan fingerprint density at radius 2 is 2.00 bits per heavy atom. The van der Waals surface area contributed by atoms with Gasteiger partial charge >= 0.3 is 0 Å². The quantitative estimate of drug-likeness (QED) is 0.751. The van der Waals surface area contributed by atoms with Crippen molar-refractivity contribution in [2.75, 3.05) is 19.3 Å². The Labute approximate surface area is 150 Å². The van der Waals surface area contributed by atoms with Crippen molar-refractivity contribution in [1.82, 2.24) is 25.1 Å². The summed E-state index contributed by atoms with van der Waals surface area (Å²) in [4.78, 5) is 8.65. The summed E-state index contributed by atoms with van der Waals surface area (Å²) in [6, 6.07) is 3.79. The molecule has 3 aromatic rings. The molecule has 0 aliphatic carbocycles. The summed E-state index contributed by atoms with van der Waals surface area (Å²) in [6.07, 6.45) is 6.13. The second kappa shape index (κ2) is 6.40. The number of rotatable bonds is 3. The van der Waals surface area contributed by atoms with Crippen molar-refractivity contribution >= 4 is 20.9 Å². The highest BCUT2D eigenvalue weighted by atomic mass is 32.2. The maximum Gasteiger partial charge on any atom is 0.175 e. The zero-order valence-corrected chi connectivity index (χ0v) is 15.0. The van der Waals surface area contributed by atoms with Crippen LogP contribution in [-0.2, 0) is 9.84 Å². The molecule has 1 fully saturated rings. The Balaban J connectivity index is 1.81. The molecule has 1 aliphatic rings. The first-order valence-electron chi connectivity index (χ1n) is 8.34. The van der Waals surface area contributed by atoms with Gasteiger partial charge in [0, 0.05) is 12.2 Å². The van der Waals surface area contributed by atoms with Crippen LogP contribution in [0.5, 0.6) is 0 Å². The van der Waals surface area contributed by atoms with Crippen LogP contribution < -0.4 is 5.32 Å². The average Bonchev–Trinajstić information content (AvgIpc) is 3.05. The Hall–Kier alpha value is -2.39. The molecule has 4 rings (SSSR count). The van der Waals surface area contributed by atoms with Crippen molar-refractivity contribution in [3.8, 4) is 5.69 Å². The fourth-order valence-corrected chi connectivity index (χ4v) is 3.98. The van der Waals surface area contributed by atoms with Crippen molar-refractivity contribution in [1.29, 1.82) is 0 Å². The van der Waals surface area contributed by atoms with Gasteiger partial charge in [-0.05, 0) is 44.1 Å². The van der Waals surface area contributed by atoms with Crippen molar-refractivity contribution < 1.29 is 12.8 Å². The molecule has 0 amide bonds. The summed E-state index contributed by atoms with van der Waals surface area (Å²) < 4.78 is 39.1. The van der Waals surface area contributed by atoms with Crippen molar-refractivity contribution in [3.05, 3.63) is 42.2 Å². The number of fused-ring (bicyclic) bond motifs is 1. The van der Waals surface area contributed by atoms with E-state index in [-0.39, 0.29) is 10.6 Å². The summed E-state index contributed by atoms with van der Waals surface area (Å²) >= 11 is 0. The molecule has 9 heteroatoms. The topological polar surface area (TPSA) is 89.8 Å². The minimum Gasteiger partial charge on any atom is -0.317 e. The Morgan fingerprint density at radius 1 is 1.23 bits per heavy atom. The number of nitrogens with one attached hydrogen (secondary N) is 1. The van der Waals surface area contributed by atoms with Crippen LogP contribution in [-0.4, -0.2) is 47.5 Å². The first-order valence-corrected chi connectivity index (χ1v) is 10.2. The largest absolute Gasteiger partial charge is 0.317 e. The molecule has 26 heavy (non-hydrogen) atoms. The van der Waals surface area contributed by atoms with Gasteiger partial charge < -0.3 is 5.32 Å². The lowest BCUT2D eigenvalue weighted by atomic mass is 9.93. The second-order valence-electron chi connectivity index (χ2n) is 6.46. The summed E-state index contributed by atoms with van der Waals surface area (Å²) in [5, 5.41) is 8.41. The molecular weight excluding hydrogens is 357 g/mol. The van der Waals surface area contributed by atoms with Crippen LogP contribution in [0.25, 0.3) is 16.7 Å². The number of benzene rings is 1. The minimum absolute atomic E-state index is 0.0692. The number of halogens is 1. The molecule has 1 aliphatic heterocycles. The van der Waals surface area contributed by atoms with Crippen molar-refractivity contribution in [2.24, 2.45) is 0 Å². The van der Waals surface area contributed by atoms with Gasteiger partial charge in [0.15, 0.2) is 15.5 Å². The van der Waals surface area contributed by atoms with E-state index in [0.717, 1.165) is 49.3 Å². The fraction of sp³-hybridized carbons (Fsp3) is 0.353. The molecule has 2 aromatic heterocycles. The number of aromatic nitrogens is 4. The Morgan fingerprint density at radius 3 is 2.69 bits per heavy atom. The van der Waals surface area contributed by atoms with Gasteiger partial charge in [-0.2, -0.15) is 5.10 Å². The normalized spacial score (nSPS) is 16.2. The number of piperidine rings is 1. The minimum atomic E-state index is -3.48. The SMILES string of the molecule is CS(=O)(=O)c1ccc(-n2ncc3c(C4CCNCC4)ncnc32)c(F)c1. The number of hydrogen-bond acceptors (Lipinski definition) is 6. The lowest BCUT2D eigenvalue weighted by molar-refractivity contribution is 0.455. The smallest absolute Gasteiger partial charge is 0.175 e. The lowest BCUT2D eigenvalue weighted by Crippen LogP contribution is -2.27. The maximum atomic E-state index is 14.5. The summed E-state index contributed by atoms with van der Waals surface area (Å²) in [6.45, 7) is 1.87. The second-order valence-corrected chi connectivity index (χ2v) is 8.48. The Kier molecular flexibility index (Phi) is 4.20. The van der Waals surface area contributed by atoms with Crippen LogP contribution in [0, 0.1) is 5.82 Å². The number of sulfone groups is 1. The van der Waals surface area contributed by atoms with Gasteiger partial charge in [0.1, 0.15) is 17.8 Å². The van der Waals surface area contributed by atoms with E-state index in [1.165, 1.54) is 23.1 Å². The third kappa shape index (κ3) is 2.97. The lowest BCUT2D eigenvalue weighted by Gasteiger charge is -2.22. The van der Waals surface area contributed by atoms with E-state index < -0.39 is 15.7 Å². The molecule has 0 atom stereocenters. The molecule has 7 nitrogen and oxygen atoms in total. The van der Waals surface area contributed by atoms with Gasteiger partial charge in [-0.25, -0.2) is 27.5 Å². The summed E-state index contributed by atoms with van der Waals surface area (Å²) in [5.41, 5.74) is 1.60. The van der Waals surface area contributed by atoms with Gasteiger partial charge in [-0.1, -0.05) is 0 Å². The highest BCUT2D eigenvalue weighted by Gasteiger charge is 2.22. The van der Waals surface area contributed by atoms with Crippen LogP contribution in [0.4, 0.5) is 4.39 Å². The zero-order chi connectivity index (χ0) is 18.3. The summed E-state index contributed by atoms with van der Waals surface area (Å²) in [7, 11) is -3.48. The Bertz CT molecular complexity index is 1070. The zero-order valence-electron chi connectivity index (χ0n) is 14.2. The predicted octanol–water partition coefficient (Wildman–Crippen LogP) is 1.83. The van der Waals surface area contributed by atoms with Crippen LogP contribution in [0.2, 0.25) is 0 Å². The van der Waals surface area contributed by atoms with E-state index in [9.17, 15) is 12.8 Å². The maximum absolute atomic E-state index is 14.5. The monoisotopic (exact) mass is 375 g/mol. The van der Waals surface area contributed by atoms with E-state index in [2.05, 4.69) is 20.4 Å². The molecule has 136 valence electrons. The molecule has 0 unspecified atom stereocenters. The van der Waals surface area contributed by atoms with Crippen molar-refractivity contribution in [2.45, 2.75) is 23.7 Å². The first kappa shape index (κ1) is 17.0. The highest BCUT2D eigenvalue weighted by molar-refractivity contribution is 7.90. The molecular formula is C17H18FN5O2S. The molecule has 0 saturated carbocycles. The van der Waals surface area contributed by atoms with Gasteiger partial charge in [0.2, 0.25) is 0 Å². The first-order chi connectivity index (χ1) is 12.4. The standard InChI is InChI=1S/C17H18FN5O2S/c1-26(24,25)12-2-3-15(14(18)8-12)23-17-13(9-22-23)16(20-10-21-17)11-4-6-19-7-5-11/h2-3,8-11,19H,4-7H2,1H3. The molecule has 1 saturated heterocycles. The average molecular weight is 375 g/mol. The third-order valence-electron chi connectivity index (χ3n) is 4.70. The number of hydrogen-bond donors (Lipinski definition) is 1. The molecule has 0 spiro atoms. The van der Waals surface area contributed by atoms with Gasteiger partial charge in [-0.15, -0.1) is 0 Å². The van der Waals surface area contributed by atoms with E-state index >= 15 is 0 Å². The van der Waals surface area contributed by atoms with E-state index in [1.54, 1.807) is 6.20 Å². The molecule has 0 bridgehead atoms. The summed E-state index contributed by atoms with van der Waals surface area (Å²) in [5.74, 6) is -0.350. The third-order valence-corrected chi connectivity index (χ3v) is 5.81. The van der Waals surface area contributed by atoms with Gasteiger partial charge in [0.05, 0.1) is 22.2 Å². The predicted molar refractivity (Wildman–Crippen MR) is 94.6 cm³/mol. The molecule has 0 radical (unpaired) electrons. The van der Waals surface area contributed by atoms with E-state index in [0.29, 0.717) is 11.6 Å². The molecule has 3 heterocycles. The van der Waals surface area contributed by atoms with E-state index in [1.807, 2.05) is 0 Å².